The molecular formula is C18H18ClN. The molecule has 2 aromatic rings. The Bertz CT molecular complexity index is 637. The molecule has 0 N–H and O–H groups in total. The number of halogens is 1. The van der Waals surface area contributed by atoms with Gasteiger partial charge < -0.3 is 0 Å². The monoisotopic (exact) mass is 283 g/mol. The van der Waals surface area contributed by atoms with Crippen LogP contribution in [0.25, 0.3) is 0 Å². The maximum Gasteiger partial charge on any atom is 0.0444 e. The molecule has 1 saturated heterocycles. The fourth-order valence-electron chi connectivity index (χ4n) is 3.88. The average Bonchev–Trinajstić information content (AvgIpc) is 2.96. The standard InChI is InChI=1S/C18H18ClN/c19-17-9-4-3-7-14(17)16-12-20-11-5-10-18(20)15-8-2-1-6-13(15)16/h1-4,6-9,16,18H,5,10-12H2/t16-,18-/m0/s1. The quantitative estimate of drug-likeness (QED) is 0.738. The van der Waals surface area contributed by atoms with Crippen LogP contribution < -0.4 is 0 Å². The van der Waals surface area contributed by atoms with Crippen molar-refractivity contribution in [1.82, 2.24) is 4.90 Å². The van der Waals surface area contributed by atoms with Gasteiger partial charge in [-0.25, -0.2) is 0 Å². The Morgan fingerprint density at radius 3 is 2.40 bits per heavy atom. The van der Waals surface area contributed by atoms with Gasteiger partial charge in [0.2, 0.25) is 0 Å². The Kier molecular flexibility index (Phi) is 3.05. The first-order chi connectivity index (χ1) is 9.84. The summed E-state index contributed by atoms with van der Waals surface area (Å²) in [5.41, 5.74) is 4.26. The van der Waals surface area contributed by atoms with E-state index >= 15 is 0 Å². The highest BCUT2D eigenvalue weighted by Gasteiger charge is 2.36. The number of nitrogens with zero attached hydrogens (tertiary/aromatic N) is 1. The molecule has 0 spiro atoms. The van der Waals surface area contributed by atoms with Crippen LogP contribution in [0, 0.1) is 0 Å². The van der Waals surface area contributed by atoms with Gasteiger partial charge in [0.1, 0.15) is 0 Å². The summed E-state index contributed by atoms with van der Waals surface area (Å²) in [6.07, 6.45) is 2.61. The van der Waals surface area contributed by atoms with Crippen LogP contribution >= 0.6 is 11.6 Å². The SMILES string of the molecule is Clc1ccccc1[C@H]1CN2CCC[C@H]2c2ccccc21. The van der Waals surface area contributed by atoms with Crippen LogP contribution in [0.4, 0.5) is 0 Å². The second kappa shape index (κ2) is 4.91. The van der Waals surface area contributed by atoms with E-state index in [2.05, 4.69) is 41.3 Å². The Morgan fingerprint density at radius 1 is 0.900 bits per heavy atom. The van der Waals surface area contributed by atoms with E-state index in [0.29, 0.717) is 12.0 Å². The van der Waals surface area contributed by atoms with Crippen molar-refractivity contribution < 1.29 is 0 Å². The molecule has 2 aromatic carbocycles. The maximum atomic E-state index is 6.45. The van der Waals surface area contributed by atoms with Crippen LogP contribution in [0.1, 0.15) is 41.5 Å². The predicted octanol–water partition coefficient (Wildman–Crippen LogP) is 4.62. The Balaban J connectivity index is 1.85. The zero-order chi connectivity index (χ0) is 13.5. The van der Waals surface area contributed by atoms with Crippen molar-refractivity contribution in [2.24, 2.45) is 0 Å². The molecule has 0 amide bonds. The Hall–Kier alpha value is -1.31. The first-order valence-electron chi connectivity index (χ1n) is 7.42. The summed E-state index contributed by atoms with van der Waals surface area (Å²) in [5, 5.41) is 0.893. The van der Waals surface area contributed by atoms with Gasteiger partial charge in [-0.15, -0.1) is 0 Å². The number of fused-ring (bicyclic) bond motifs is 3. The minimum absolute atomic E-state index is 0.411. The molecule has 2 aliphatic rings. The fourth-order valence-corrected chi connectivity index (χ4v) is 4.15. The van der Waals surface area contributed by atoms with Crippen LogP contribution in [-0.2, 0) is 0 Å². The van der Waals surface area contributed by atoms with Crippen molar-refractivity contribution in [3.05, 3.63) is 70.2 Å². The van der Waals surface area contributed by atoms with E-state index in [1.54, 1.807) is 0 Å². The third-order valence-corrected chi connectivity index (χ3v) is 5.14. The molecule has 20 heavy (non-hydrogen) atoms. The van der Waals surface area contributed by atoms with E-state index < -0.39 is 0 Å². The van der Waals surface area contributed by atoms with Crippen molar-refractivity contribution in [2.75, 3.05) is 13.1 Å². The van der Waals surface area contributed by atoms with Gasteiger partial charge in [0.15, 0.2) is 0 Å². The Labute approximate surface area is 125 Å². The number of hydrogen-bond acceptors (Lipinski definition) is 1. The van der Waals surface area contributed by atoms with Crippen LogP contribution in [0.15, 0.2) is 48.5 Å². The van der Waals surface area contributed by atoms with Crippen LogP contribution in [0.2, 0.25) is 5.02 Å². The summed E-state index contributed by atoms with van der Waals surface area (Å²) in [4.78, 5) is 2.64. The number of hydrogen-bond donors (Lipinski definition) is 0. The zero-order valence-electron chi connectivity index (χ0n) is 11.4. The van der Waals surface area contributed by atoms with Gasteiger partial charge in [0.05, 0.1) is 0 Å². The molecule has 2 atom stereocenters. The van der Waals surface area contributed by atoms with E-state index in [9.17, 15) is 0 Å². The van der Waals surface area contributed by atoms with Crippen LogP contribution in [-0.4, -0.2) is 18.0 Å². The highest BCUT2D eigenvalue weighted by molar-refractivity contribution is 6.31. The lowest BCUT2D eigenvalue weighted by molar-refractivity contribution is 0.230. The first kappa shape index (κ1) is 12.4. The largest absolute Gasteiger partial charge is 0.295 e. The van der Waals surface area contributed by atoms with E-state index in [1.165, 1.54) is 36.1 Å². The van der Waals surface area contributed by atoms with Crippen molar-refractivity contribution in [3.8, 4) is 0 Å². The van der Waals surface area contributed by atoms with Gasteiger partial charge in [-0.05, 0) is 42.1 Å². The fraction of sp³-hybridized carbons (Fsp3) is 0.333. The highest BCUT2D eigenvalue weighted by Crippen LogP contribution is 2.45. The molecule has 4 rings (SSSR count). The summed E-state index contributed by atoms with van der Waals surface area (Å²) in [7, 11) is 0. The highest BCUT2D eigenvalue weighted by atomic mass is 35.5. The van der Waals surface area contributed by atoms with Crippen LogP contribution in [0.3, 0.4) is 0 Å². The van der Waals surface area contributed by atoms with Gasteiger partial charge in [-0.1, -0.05) is 54.1 Å². The maximum absolute atomic E-state index is 6.45. The van der Waals surface area contributed by atoms with Crippen molar-refractivity contribution in [3.63, 3.8) is 0 Å². The third kappa shape index (κ3) is 1.88. The normalized spacial score (nSPS) is 25.2. The molecule has 1 fully saturated rings. The lowest BCUT2D eigenvalue weighted by atomic mass is 9.82. The minimum atomic E-state index is 0.411. The molecule has 2 aliphatic heterocycles. The van der Waals surface area contributed by atoms with Gasteiger partial charge in [-0.2, -0.15) is 0 Å². The average molecular weight is 284 g/mol. The molecule has 2 heterocycles. The summed E-state index contributed by atoms with van der Waals surface area (Å²) in [6.45, 7) is 2.32. The summed E-state index contributed by atoms with van der Waals surface area (Å²) in [5.74, 6) is 0.411. The topological polar surface area (TPSA) is 3.24 Å². The van der Waals surface area contributed by atoms with E-state index in [1.807, 2.05) is 12.1 Å². The molecule has 0 unspecified atom stereocenters. The molecular weight excluding hydrogens is 266 g/mol. The molecule has 0 aromatic heterocycles. The van der Waals surface area contributed by atoms with Crippen LogP contribution in [0.5, 0.6) is 0 Å². The Morgan fingerprint density at radius 2 is 1.60 bits per heavy atom. The molecule has 0 bridgehead atoms. The summed E-state index contributed by atoms with van der Waals surface area (Å²) < 4.78 is 0. The summed E-state index contributed by atoms with van der Waals surface area (Å²) >= 11 is 6.45. The van der Waals surface area contributed by atoms with Gasteiger partial charge >= 0.3 is 0 Å². The van der Waals surface area contributed by atoms with Crippen molar-refractivity contribution in [2.45, 2.75) is 24.8 Å². The number of rotatable bonds is 1. The molecule has 0 aliphatic carbocycles. The van der Waals surface area contributed by atoms with Gasteiger partial charge in [0, 0.05) is 23.5 Å². The molecule has 0 radical (unpaired) electrons. The van der Waals surface area contributed by atoms with E-state index in [0.717, 1.165) is 11.6 Å². The lowest BCUT2D eigenvalue weighted by Gasteiger charge is -2.37. The smallest absolute Gasteiger partial charge is 0.0444 e. The van der Waals surface area contributed by atoms with Crippen molar-refractivity contribution in [1.29, 1.82) is 0 Å². The zero-order valence-corrected chi connectivity index (χ0v) is 12.2. The van der Waals surface area contributed by atoms with Crippen molar-refractivity contribution >= 4 is 11.6 Å². The molecule has 1 nitrogen and oxygen atoms in total. The first-order valence-corrected chi connectivity index (χ1v) is 7.79. The molecule has 0 saturated carbocycles. The molecule has 102 valence electrons. The molecule has 2 heteroatoms. The van der Waals surface area contributed by atoms with Gasteiger partial charge in [-0.3, -0.25) is 4.90 Å². The second-order valence-corrected chi connectivity index (χ2v) is 6.26. The van der Waals surface area contributed by atoms with E-state index in [4.69, 9.17) is 11.6 Å². The third-order valence-electron chi connectivity index (χ3n) is 4.79. The lowest BCUT2D eigenvalue weighted by Crippen LogP contribution is -2.34. The van der Waals surface area contributed by atoms with Gasteiger partial charge in [0.25, 0.3) is 0 Å². The van der Waals surface area contributed by atoms with E-state index in [-0.39, 0.29) is 0 Å². The predicted molar refractivity (Wildman–Crippen MR) is 83.3 cm³/mol. The second-order valence-electron chi connectivity index (χ2n) is 5.86. The summed E-state index contributed by atoms with van der Waals surface area (Å²) in [6, 6.07) is 17.9. The number of benzene rings is 2. The minimum Gasteiger partial charge on any atom is -0.295 e.